The molecule has 0 unspecified atom stereocenters. The van der Waals surface area contributed by atoms with E-state index in [1.807, 2.05) is 14.1 Å². The summed E-state index contributed by atoms with van der Waals surface area (Å²) in [4.78, 5) is 15.0. The summed E-state index contributed by atoms with van der Waals surface area (Å²) in [6, 6.07) is 8.25. The summed E-state index contributed by atoms with van der Waals surface area (Å²) in [6.45, 7) is 4.51. The van der Waals surface area contributed by atoms with Gasteiger partial charge in [-0.25, -0.2) is 0 Å². The van der Waals surface area contributed by atoms with Crippen LogP contribution in [0.5, 0.6) is 0 Å². The van der Waals surface area contributed by atoms with Crippen molar-refractivity contribution in [3.8, 4) is 0 Å². The van der Waals surface area contributed by atoms with Crippen LogP contribution in [-0.2, 0) is 4.79 Å². The molecule has 0 fully saturated rings. The maximum atomic E-state index is 10.7. The van der Waals surface area contributed by atoms with Gasteiger partial charge in [-0.05, 0) is 46.1 Å². The van der Waals surface area contributed by atoms with Crippen molar-refractivity contribution in [3.05, 3.63) is 29.8 Å². The predicted molar refractivity (Wildman–Crippen MR) is 78.8 cm³/mol. The molecule has 0 amide bonds. The van der Waals surface area contributed by atoms with E-state index < -0.39 is 5.97 Å². The Morgan fingerprint density at radius 3 is 2.26 bits per heavy atom. The Balaban J connectivity index is 2.62. The van der Waals surface area contributed by atoms with Gasteiger partial charge in [-0.3, -0.25) is 4.79 Å². The van der Waals surface area contributed by atoms with Gasteiger partial charge >= 0.3 is 5.97 Å². The fourth-order valence-electron chi connectivity index (χ4n) is 1.93. The molecule has 1 aromatic rings. The van der Waals surface area contributed by atoms with Crippen LogP contribution in [-0.4, -0.2) is 49.7 Å². The highest BCUT2D eigenvalue weighted by Gasteiger charge is 2.08. The number of anilines is 1. The lowest BCUT2D eigenvalue weighted by Crippen LogP contribution is -2.29. The highest BCUT2D eigenvalue weighted by Crippen LogP contribution is 2.16. The van der Waals surface area contributed by atoms with Crippen LogP contribution in [0.15, 0.2) is 24.3 Å². The number of hydrogen-bond acceptors (Lipinski definition) is 3. The highest BCUT2D eigenvalue weighted by atomic mass is 16.4. The fraction of sp³-hybridized carbons (Fsp3) is 0.533. The smallest absolute Gasteiger partial charge is 0.305 e. The summed E-state index contributed by atoms with van der Waals surface area (Å²) in [5.74, 6) is -0.746. The maximum absolute atomic E-state index is 10.7. The van der Waals surface area contributed by atoms with Crippen LogP contribution in [0.4, 0.5) is 5.69 Å². The van der Waals surface area contributed by atoms with Crippen molar-refractivity contribution in [2.45, 2.75) is 19.8 Å². The first-order chi connectivity index (χ1) is 8.99. The minimum Gasteiger partial charge on any atom is -0.481 e. The van der Waals surface area contributed by atoms with Crippen molar-refractivity contribution < 1.29 is 9.90 Å². The molecule has 0 heterocycles. The van der Waals surface area contributed by atoms with Crippen LogP contribution in [0.3, 0.4) is 0 Å². The normalized spacial score (nSPS) is 10.7. The molecule has 4 nitrogen and oxygen atoms in total. The molecule has 0 aliphatic heterocycles. The molecule has 0 bridgehead atoms. The van der Waals surface area contributed by atoms with Gasteiger partial charge in [-0.1, -0.05) is 17.7 Å². The number of aliphatic carboxylic acids is 1. The fourth-order valence-corrected chi connectivity index (χ4v) is 1.93. The molecule has 0 radical (unpaired) electrons. The average molecular weight is 264 g/mol. The summed E-state index contributed by atoms with van der Waals surface area (Å²) in [5.41, 5.74) is 2.32. The van der Waals surface area contributed by atoms with Crippen LogP contribution >= 0.6 is 0 Å². The molecule has 1 aromatic carbocycles. The zero-order valence-electron chi connectivity index (χ0n) is 12.1. The molecule has 0 aliphatic rings. The van der Waals surface area contributed by atoms with E-state index in [0.29, 0.717) is 6.54 Å². The molecule has 0 saturated heterocycles. The second kappa shape index (κ2) is 7.79. The van der Waals surface area contributed by atoms with Crippen LogP contribution in [0.2, 0.25) is 0 Å². The monoisotopic (exact) mass is 264 g/mol. The minimum absolute atomic E-state index is 0.176. The SMILES string of the molecule is Cc1ccc(N(CCCN(C)C)CCC(=O)O)cc1. The summed E-state index contributed by atoms with van der Waals surface area (Å²) in [6.07, 6.45) is 1.20. The van der Waals surface area contributed by atoms with Crippen molar-refractivity contribution in [1.29, 1.82) is 0 Å². The molecule has 1 rings (SSSR count). The number of rotatable bonds is 8. The van der Waals surface area contributed by atoms with E-state index in [1.165, 1.54) is 5.56 Å². The molecule has 19 heavy (non-hydrogen) atoms. The van der Waals surface area contributed by atoms with Crippen molar-refractivity contribution >= 4 is 11.7 Å². The quantitative estimate of drug-likeness (QED) is 0.782. The summed E-state index contributed by atoms with van der Waals surface area (Å²) >= 11 is 0. The molecule has 106 valence electrons. The standard InChI is InChI=1S/C15H24N2O2/c1-13-5-7-14(8-6-13)17(12-9-15(18)19)11-4-10-16(2)3/h5-8H,4,9-12H2,1-3H3,(H,18,19). The highest BCUT2D eigenvalue weighted by molar-refractivity contribution is 5.67. The van der Waals surface area contributed by atoms with Gasteiger partial charge in [0, 0.05) is 18.8 Å². The molecule has 0 spiro atoms. The molecule has 0 aromatic heterocycles. The Kier molecular flexibility index (Phi) is 6.36. The summed E-state index contributed by atoms with van der Waals surface area (Å²) < 4.78 is 0. The Labute approximate surface area is 115 Å². The second-order valence-corrected chi connectivity index (χ2v) is 5.12. The van der Waals surface area contributed by atoms with E-state index in [1.54, 1.807) is 0 Å². The number of benzene rings is 1. The molecule has 4 heteroatoms. The molecule has 0 saturated carbocycles. The largest absolute Gasteiger partial charge is 0.481 e. The predicted octanol–water partition coefficient (Wildman–Crippen LogP) is 2.23. The third-order valence-corrected chi connectivity index (χ3v) is 3.03. The average Bonchev–Trinajstić information content (AvgIpc) is 2.34. The lowest BCUT2D eigenvalue weighted by atomic mass is 10.2. The van der Waals surface area contributed by atoms with E-state index in [4.69, 9.17) is 5.11 Å². The van der Waals surface area contributed by atoms with Gasteiger partial charge in [0.15, 0.2) is 0 Å². The summed E-state index contributed by atoms with van der Waals surface area (Å²) in [5, 5.41) is 8.83. The number of carbonyl (C=O) groups is 1. The Bertz CT molecular complexity index is 388. The number of carboxylic acids is 1. The van der Waals surface area contributed by atoms with Gasteiger partial charge < -0.3 is 14.9 Å². The third-order valence-electron chi connectivity index (χ3n) is 3.03. The van der Waals surface area contributed by atoms with Gasteiger partial charge in [-0.2, -0.15) is 0 Å². The van der Waals surface area contributed by atoms with Gasteiger partial charge in [0.25, 0.3) is 0 Å². The van der Waals surface area contributed by atoms with Crippen LogP contribution in [0.25, 0.3) is 0 Å². The van der Waals surface area contributed by atoms with Crippen molar-refractivity contribution in [2.75, 3.05) is 38.6 Å². The van der Waals surface area contributed by atoms with E-state index >= 15 is 0 Å². The molecular weight excluding hydrogens is 240 g/mol. The topological polar surface area (TPSA) is 43.8 Å². The van der Waals surface area contributed by atoms with E-state index in [-0.39, 0.29) is 6.42 Å². The minimum atomic E-state index is -0.746. The maximum Gasteiger partial charge on any atom is 0.305 e. The lowest BCUT2D eigenvalue weighted by Gasteiger charge is -2.25. The van der Waals surface area contributed by atoms with Gasteiger partial charge in [0.1, 0.15) is 0 Å². The zero-order valence-corrected chi connectivity index (χ0v) is 12.1. The van der Waals surface area contributed by atoms with Crippen LogP contribution in [0.1, 0.15) is 18.4 Å². The lowest BCUT2D eigenvalue weighted by molar-refractivity contribution is -0.136. The number of nitrogens with zero attached hydrogens (tertiary/aromatic N) is 2. The molecule has 1 N–H and O–H groups in total. The van der Waals surface area contributed by atoms with Crippen molar-refractivity contribution in [2.24, 2.45) is 0 Å². The van der Waals surface area contributed by atoms with E-state index in [9.17, 15) is 4.79 Å². The van der Waals surface area contributed by atoms with Crippen molar-refractivity contribution in [3.63, 3.8) is 0 Å². The molecule has 0 aliphatic carbocycles. The number of aryl methyl sites for hydroxylation is 1. The van der Waals surface area contributed by atoms with E-state index in [2.05, 4.69) is 41.0 Å². The zero-order chi connectivity index (χ0) is 14.3. The Morgan fingerprint density at radius 2 is 1.74 bits per heavy atom. The number of carboxylic acid groups (broad SMARTS) is 1. The Morgan fingerprint density at radius 1 is 1.11 bits per heavy atom. The van der Waals surface area contributed by atoms with Gasteiger partial charge in [-0.15, -0.1) is 0 Å². The summed E-state index contributed by atoms with van der Waals surface area (Å²) in [7, 11) is 4.10. The number of hydrogen-bond donors (Lipinski definition) is 1. The van der Waals surface area contributed by atoms with Crippen LogP contribution in [0, 0.1) is 6.92 Å². The molecule has 0 atom stereocenters. The van der Waals surface area contributed by atoms with Gasteiger partial charge in [0.2, 0.25) is 0 Å². The first-order valence-electron chi connectivity index (χ1n) is 6.67. The third kappa shape index (κ3) is 6.25. The molecular formula is C15H24N2O2. The van der Waals surface area contributed by atoms with E-state index in [0.717, 1.165) is 25.2 Å². The van der Waals surface area contributed by atoms with Crippen molar-refractivity contribution in [1.82, 2.24) is 4.90 Å². The first kappa shape index (κ1) is 15.5. The Hall–Kier alpha value is -1.55. The second-order valence-electron chi connectivity index (χ2n) is 5.12. The van der Waals surface area contributed by atoms with Gasteiger partial charge in [0.05, 0.1) is 6.42 Å². The first-order valence-corrected chi connectivity index (χ1v) is 6.67. The van der Waals surface area contributed by atoms with Crippen LogP contribution < -0.4 is 4.90 Å².